The molecule has 0 aliphatic carbocycles. The van der Waals surface area contributed by atoms with E-state index in [4.69, 9.17) is 28.2 Å². The van der Waals surface area contributed by atoms with E-state index >= 15 is 0 Å². The normalized spacial score (nSPS) is 15.3. The first-order valence-corrected chi connectivity index (χ1v) is 9.80. The van der Waals surface area contributed by atoms with Crippen LogP contribution in [0.2, 0.25) is 5.02 Å². The number of carbonyl (C=O) groups is 1. The Bertz CT molecular complexity index is 1180. The van der Waals surface area contributed by atoms with Crippen LogP contribution >= 0.6 is 35.6 Å². The van der Waals surface area contributed by atoms with Gasteiger partial charge in [-0.1, -0.05) is 53.8 Å². The van der Waals surface area contributed by atoms with Crippen molar-refractivity contribution in [2.45, 2.75) is 0 Å². The molecular weight excluding hydrogens is 412 g/mol. The Morgan fingerprint density at radius 2 is 1.96 bits per heavy atom. The molecule has 0 N–H and O–H groups in total. The van der Waals surface area contributed by atoms with Gasteiger partial charge in [-0.05, 0) is 42.5 Å². The van der Waals surface area contributed by atoms with E-state index in [9.17, 15) is 10.1 Å². The van der Waals surface area contributed by atoms with Crippen LogP contribution in [0.25, 0.3) is 17.4 Å². The SMILES string of the molecule is N#Cc1ccccc1-c1ccc(/C=C2\SC(=S)N(c3cccc(Cl)c3)C2=O)o1. The van der Waals surface area contributed by atoms with E-state index in [1.54, 1.807) is 54.6 Å². The summed E-state index contributed by atoms with van der Waals surface area (Å²) in [6.07, 6.45) is 1.66. The van der Waals surface area contributed by atoms with Gasteiger partial charge in [0.25, 0.3) is 5.91 Å². The Morgan fingerprint density at radius 3 is 2.75 bits per heavy atom. The second kappa shape index (κ2) is 7.64. The van der Waals surface area contributed by atoms with Crippen LogP contribution in [-0.2, 0) is 4.79 Å². The number of thioether (sulfide) groups is 1. The summed E-state index contributed by atoms with van der Waals surface area (Å²) >= 11 is 12.6. The molecule has 1 saturated heterocycles. The van der Waals surface area contributed by atoms with Crippen molar-refractivity contribution in [1.82, 2.24) is 0 Å². The van der Waals surface area contributed by atoms with Crippen LogP contribution in [0.5, 0.6) is 0 Å². The summed E-state index contributed by atoms with van der Waals surface area (Å²) in [5, 5.41) is 9.79. The van der Waals surface area contributed by atoms with E-state index in [0.29, 0.717) is 42.6 Å². The van der Waals surface area contributed by atoms with Crippen molar-refractivity contribution in [1.29, 1.82) is 5.26 Å². The molecule has 1 fully saturated rings. The highest BCUT2D eigenvalue weighted by molar-refractivity contribution is 8.27. The number of furan rings is 1. The minimum absolute atomic E-state index is 0.229. The number of nitriles is 1. The predicted octanol–water partition coefficient (Wildman–Crippen LogP) is 5.88. The fourth-order valence-corrected chi connectivity index (χ4v) is 4.27. The summed E-state index contributed by atoms with van der Waals surface area (Å²) in [4.78, 5) is 14.7. The molecule has 4 rings (SSSR count). The maximum absolute atomic E-state index is 12.8. The Kier molecular flexibility index (Phi) is 5.05. The van der Waals surface area contributed by atoms with Crippen molar-refractivity contribution in [3.05, 3.63) is 81.9 Å². The Labute approximate surface area is 176 Å². The lowest BCUT2D eigenvalue weighted by atomic mass is 10.1. The number of benzene rings is 2. The monoisotopic (exact) mass is 422 g/mol. The lowest BCUT2D eigenvalue weighted by molar-refractivity contribution is -0.113. The average molecular weight is 423 g/mol. The molecule has 1 aromatic heterocycles. The summed E-state index contributed by atoms with van der Waals surface area (Å²) in [5.74, 6) is 0.843. The van der Waals surface area contributed by atoms with Gasteiger partial charge in [0.15, 0.2) is 4.32 Å². The fraction of sp³-hybridized carbons (Fsp3) is 0. The second-order valence-corrected chi connectivity index (χ2v) is 7.97. The van der Waals surface area contributed by atoms with E-state index < -0.39 is 0 Å². The number of amides is 1. The highest BCUT2D eigenvalue weighted by Crippen LogP contribution is 2.37. The smallest absolute Gasteiger partial charge is 0.270 e. The number of carbonyl (C=O) groups excluding carboxylic acids is 1. The van der Waals surface area contributed by atoms with Gasteiger partial charge in [0.05, 0.1) is 22.2 Å². The van der Waals surface area contributed by atoms with Crippen molar-refractivity contribution < 1.29 is 9.21 Å². The molecule has 0 bridgehead atoms. The van der Waals surface area contributed by atoms with Crippen LogP contribution in [0.4, 0.5) is 5.69 Å². The lowest BCUT2D eigenvalue weighted by Crippen LogP contribution is -2.27. The van der Waals surface area contributed by atoms with Crippen LogP contribution < -0.4 is 4.90 Å². The lowest BCUT2D eigenvalue weighted by Gasteiger charge is -2.14. The number of hydrogen-bond acceptors (Lipinski definition) is 5. The molecule has 0 atom stereocenters. The third-order valence-corrected chi connectivity index (χ3v) is 5.61. The number of thiocarbonyl (C=S) groups is 1. The van der Waals surface area contributed by atoms with Gasteiger partial charge < -0.3 is 4.42 Å². The maximum Gasteiger partial charge on any atom is 0.270 e. The number of halogens is 1. The summed E-state index contributed by atoms with van der Waals surface area (Å²) in [6, 6.07) is 19.9. The average Bonchev–Trinajstić information content (AvgIpc) is 3.26. The third kappa shape index (κ3) is 3.48. The molecule has 0 saturated carbocycles. The van der Waals surface area contributed by atoms with Gasteiger partial charge in [0.2, 0.25) is 0 Å². The summed E-state index contributed by atoms with van der Waals surface area (Å²) in [6.45, 7) is 0. The zero-order valence-electron chi connectivity index (χ0n) is 14.3. The molecule has 0 unspecified atom stereocenters. The molecule has 7 heteroatoms. The van der Waals surface area contributed by atoms with Crippen LogP contribution in [-0.4, -0.2) is 10.2 Å². The third-order valence-electron chi connectivity index (χ3n) is 4.07. The molecule has 4 nitrogen and oxygen atoms in total. The van der Waals surface area contributed by atoms with E-state index in [1.165, 1.54) is 16.7 Å². The summed E-state index contributed by atoms with van der Waals surface area (Å²) < 4.78 is 6.27. The number of hydrogen-bond donors (Lipinski definition) is 0. The molecular formula is C21H11ClN2O2S2. The van der Waals surface area contributed by atoms with Crippen molar-refractivity contribution in [3.63, 3.8) is 0 Å². The first kappa shape index (κ1) is 18.5. The van der Waals surface area contributed by atoms with Gasteiger partial charge >= 0.3 is 0 Å². The van der Waals surface area contributed by atoms with Crippen molar-refractivity contribution in [3.8, 4) is 17.4 Å². The van der Waals surface area contributed by atoms with Crippen LogP contribution in [0, 0.1) is 11.3 Å². The molecule has 0 radical (unpaired) electrons. The minimum atomic E-state index is -0.229. The summed E-state index contributed by atoms with van der Waals surface area (Å²) in [7, 11) is 0. The van der Waals surface area contributed by atoms with Crippen molar-refractivity contribution in [2.75, 3.05) is 4.90 Å². The largest absolute Gasteiger partial charge is 0.457 e. The number of anilines is 1. The first-order chi connectivity index (χ1) is 13.6. The quantitative estimate of drug-likeness (QED) is 0.389. The molecule has 1 aliphatic heterocycles. The molecule has 2 aromatic carbocycles. The summed E-state index contributed by atoms with van der Waals surface area (Å²) in [5.41, 5.74) is 1.85. The topological polar surface area (TPSA) is 57.2 Å². The minimum Gasteiger partial charge on any atom is -0.457 e. The fourth-order valence-electron chi connectivity index (χ4n) is 2.81. The predicted molar refractivity (Wildman–Crippen MR) is 116 cm³/mol. The van der Waals surface area contributed by atoms with Gasteiger partial charge in [-0.25, -0.2) is 0 Å². The zero-order valence-corrected chi connectivity index (χ0v) is 16.6. The van der Waals surface area contributed by atoms with Crippen LogP contribution in [0.3, 0.4) is 0 Å². The van der Waals surface area contributed by atoms with Crippen LogP contribution in [0.15, 0.2) is 70.0 Å². The molecule has 1 amide bonds. The Balaban J connectivity index is 1.64. The van der Waals surface area contributed by atoms with Crippen molar-refractivity contribution in [2.24, 2.45) is 0 Å². The standard InChI is InChI=1S/C21H11ClN2O2S2/c22-14-5-3-6-15(10-14)24-20(25)19(28-21(24)27)11-16-8-9-18(26-16)17-7-2-1-4-13(17)12-23/h1-11H/b19-11-. The second-order valence-electron chi connectivity index (χ2n) is 5.86. The number of rotatable bonds is 3. The van der Waals surface area contributed by atoms with Gasteiger partial charge in [-0.2, -0.15) is 5.26 Å². The molecule has 2 heterocycles. The van der Waals surface area contributed by atoms with Crippen LogP contribution in [0.1, 0.15) is 11.3 Å². The van der Waals surface area contributed by atoms with Gasteiger partial charge in [-0.15, -0.1) is 0 Å². The Hall–Kier alpha value is -2.85. The highest BCUT2D eigenvalue weighted by atomic mass is 35.5. The van der Waals surface area contributed by atoms with E-state index in [0.717, 1.165) is 0 Å². The molecule has 28 heavy (non-hydrogen) atoms. The van der Waals surface area contributed by atoms with E-state index in [1.807, 2.05) is 12.1 Å². The Morgan fingerprint density at radius 1 is 1.14 bits per heavy atom. The first-order valence-electron chi connectivity index (χ1n) is 8.19. The molecule has 1 aliphatic rings. The molecule has 0 spiro atoms. The van der Waals surface area contributed by atoms with E-state index in [-0.39, 0.29) is 5.91 Å². The van der Waals surface area contributed by atoms with Crippen molar-refractivity contribution >= 4 is 57.6 Å². The molecule has 136 valence electrons. The zero-order chi connectivity index (χ0) is 19.7. The van der Waals surface area contributed by atoms with Gasteiger partial charge in [0.1, 0.15) is 11.5 Å². The van der Waals surface area contributed by atoms with Gasteiger partial charge in [0, 0.05) is 16.7 Å². The highest BCUT2D eigenvalue weighted by Gasteiger charge is 2.33. The maximum atomic E-state index is 12.8. The number of nitrogens with zero attached hydrogens (tertiary/aromatic N) is 2. The van der Waals surface area contributed by atoms with E-state index in [2.05, 4.69) is 6.07 Å². The van der Waals surface area contributed by atoms with Gasteiger partial charge in [-0.3, -0.25) is 9.69 Å². The molecule has 3 aromatic rings.